The molecule has 0 bridgehead atoms. The Morgan fingerprint density at radius 2 is 1.72 bits per heavy atom. The lowest BCUT2D eigenvalue weighted by atomic mass is 10.0. The standard InChI is InChI=1S/C27H29N3O5S/c1-19(2)21-9-11-23(12-10-21)30(36(32,33)24-13-7-20(3)8-14-24)18-26(31)29-28-17-22-5-4-6-25-27(22)35-16-15-34-25/h4-14,17,19H,15-16,18H2,1-3H3,(H,29,31)/b28-17-. The number of hydrogen-bond donors (Lipinski definition) is 1. The van der Waals surface area contributed by atoms with Gasteiger partial charge in [0.25, 0.3) is 15.9 Å². The lowest BCUT2D eigenvalue weighted by Gasteiger charge is -2.24. The van der Waals surface area contributed by atoms with Gasteiger partial charge in [-0.3, -0.25) is 9.10 Å². The maximum Gasteiger partial charge on any atom is 0.264 e. The summed E-state index contributed by atoms with van der Waals surface area (Å²) in [6.07, 6.45) is 1.45. The number of sulfonamides is 1. The SMILES string of the molecule is Cc1ccc(S(=O)(=O)N(CC(=O)N/N=C\c2cccc3c2OCCO3)c2ccc(C(C)C)cc2)cc1. The molecule has 0 spiro atoms. The number of aryl methyl sites for hydroxylation is 1. The average molecular weight is 508 g/mol. The van der Waals surface area contributed by atoms with Crippen LogP contribution in [0.25, 0.3) is 0 Å². The first kappa shape index (κ1) is 25.2. The van der Waals surface area contributed by atoms with Gasteiger partial charge >= 0.3 is 0 Å². The lowest BCUT2D eigenvalue weighted by molar-refractivity contribution is -0.119. The molecule has 1 aliphatic rings. The number of para-hydroxylation sites is 1. The molecule has 0 aromatic heterocycles. The summed E-state index contributed by atoms with van der Waals surface area (Å²) in [5.41, 5.74) is 5.46. The third-order valence-electron chi connectivity index (χ3n) is 5.73. The summed E-state index contributed by atoms with van der Waals surface area (Å²) in [6, 6.07) is 19.1. The lowest BCUT2D eigenvalue weighted by Crippen LogP contribution is -2.39. The van der Waals surface area contributed by atoms with Crippen molar-refractivity contribution in [1.82, 2.24) is 5.43 Å². The van der Waals surface area contributed by atoms with Crippen LogP contribution in [0.2, 0.25) is 0 Å². The second kappa shape index (κ2) is 10.8. The smallest absolute Gasteiger partial charge is 0.264 e. The largest absolute Gasteiger partial charge is 0.486 e. The van der Waals surface area contributed by atoms with Crippen molar-refractivity contribution < 1.29 is 22.7 Å². The third kappa shape index (κ3) is 5.68. The molecule has 1 aliphatic heterocycles. The summed E-state index contributed by atoms with van der Waals surface area (Å²) in [6.45, 7) is 6.44. The second-order valence-corrected chi connectivity index (χ2v) is 10.6. The number of nitrogens with one attached hydrogen (secondary N) is 1. The molecule has 3 aromatic carbocycles. The van der Waals surface area contributed by atoms with Crippen LogP contribution >= 0.6 is 0 Å². The van der Waals surface area contributed by atoms with E-state index in [1.165, 1.54) is 18.3 Å². The van der Waals surface area contributed by atoms with Crippen LogP contribution in [0.3, 0.4) is 0 Å². The van der Waals surface area contributed by atoms with Crippen molar-refractivity contribution in [1.29, 1.82) is 0 Å². The summed E-state index contributed by atoms with van der Waals surface area (Å²) < 4.78 is 39.4. The normalized spacial score (nSPS) is 13.1. The minimum atomic E-state index is -4.00. The molecule has 9 heteroatoms. The van der Waals surface area contributed by atoms with Crippen molar-refractivity contribution in [3.05, 3.63) is 83.4 Å². The fourth-order valence-corrected chi connectivity index (χ4v) is 5.14. The molecule has 0 atom stereocenters. The van der Waals surface area contributed by atoms with E-state index in [1.54, 1.807) is 42.5 Å². The third-order valence-corrected chi connectivity index (χ3v) is 7.52. The average Bonchev–Trinajstić information content (AvgIpc) is 2.87. The van der Waals surface area contributed by atoms with Gasteiger partial charge in [0, 0.05) is 5.56 Å². The van der Waals surface area contributed by atoms with Gasteiger partial charge in [-0.1, -0.05) is 49.7 Å². The summed E-state index contributed by atoms with van der Waals surface area (Å²) >= 11 is 0. The Balaban J connectivity index is 1.56. The molecule has 3 aromatic rings. The van der Waals surface area contributed by atoms with E-state index < -0.39 is 22.5 Å². The van der Waals surface area contributed by atoms with Gasteiger partial charge in [-0.05, 0) is 54.8 Å². The zero-order valence-corrected chi connectivity index (χ0v) is 21.3. The van der Waals surface area contributed by atoms with E-state index in [9.17, 15) is 13.2 Å². The number of ether oxygens (including phenoxy) is 2. The first-order valence-electron chi connectivity index (χ1n) is 11.7. The van der Waals surface area contributed by atoms with Crippen LogP contribution in [0, 0.1) is 6.92 Å². The first-order valence-corrected chi connectivity index (χ1v) is 13.1. The Labute approximate surface area is 211 Å². The van der Waals surface area contributed by atoms with E-state index in [-0.39, 0.29) is 10.8 Å². The molecule has 188 valence electrons. The summed E-state index contributed by atoms with van der Waals surface area (Å²) in [4.78, 5) is 12.9. The van der Waals surface area contributed by atoms with Crippen molar-refractivity contribution in [2.45, 2.75) is 31.6 Å². The number of hydrogen-bond acceptors (Lipinski definition) is 6. The van der Waals surface area contributed by atoms with Crippen LogP contribution in [0.5, 0.6) is 11.5 Å². The Morgan fingerprint density at radius 3 is 2.42 bits per heavy atom. The van der Waals surface area contributed by atoms with Gasteiger partial charge in [-0.25, -0.2) is 13.8 Å². The van der Waals surface area contributed by atoms with Gasteiger partial charge < -0.3 is 9.47 Å². The molecule has 1 heterocycles. The molecule has 0 aliphatic carbocycles. The summed E-state index contributed by atoms with van der Waals surface area (Å²) in [5, 5.41) is 4.02. The van der Waals surface area contributed by atoms with Crippen LogP contribution in [-0.4, -0.2) is 40.3 Å². The van der Waals surface area contributed by atoms with Crippen LogP contribution in [0.1, 0.15) is 36.5 Å². The molecular formula is C27H29N3O5S. The molecule has 1 N–H and O–H groups in total. The number of carbonyl (C=O) groups excluding carboxylic acids is 1. The number of carbonyl (C=O) groups is 1. The van der Waals surface area contributed by atoms with Crippen LogP contribution in [0.4, 0.5) is 5.69 Å². The number of nitrogens with zero attached hydrogens (tertiary/aromatic N) is 2. The number of anilines is 1. The molecular weight excluding hydrogens is 478 g/mol. The van der Waals surface area contributed by atoms with E-state index in [0.29, 0.717) is 36.0 Å². The van der Waals surface area contributed by atoms with Crippen LogP contribution in [0.15, 0.2) is 76.7 Å². The molecule has 0 unspecified atom stereocenters. The molecule has 0 fully saturated rings. The molecule has 36 heavy (non-hydrogen) atoms. The van der Waals surface area contributed by atoms with Gasteiger partial charge in [0.2, 0.25) is 0 Å². The van der Waals surface area contributed by atoms with E-state index in [0.717, 1.165) is 15.4 Å². The molecule has 0 saturated heterocycles. The fraction of sp³-hybridized carbons (Fsp3) is 0.259. The highest BCUT2D eigenvalue weighted by Crippen LogP contribution is 2.32. The molecule has 1 amide bonds. The Bertz CT molecular complexity index is 1350. The Hall–Kier alpha value is -3.85. The Morgan fingerprint density at radius 1 is 1.03 bits per heavy atom. The predicted molar refractivity (Wildman–Crippen MR) is 139 cm³/mol. The minimum Gasteiger partial charge on any atom is -0.486 e. The minimum absolute atomic E-state index is 0.102. The zero-order valence-electron chi connectivity index (χ0n) is 20.5. The topological polar surface area (TPSA) is 97.3 Å². The molecule has 8 nitrogen and oxygen atoms in total. The quantitative estimate of drug-likeness (QED) is 0.363. The maximum absolute atomic E-state index is 13.5. The number of rotatable bonds is 8. The highest BCUT2D eigenvalue weighted by Gasteiger charge is 2.27. The van der Waals surface area contributed by atoms with Crippen LogP contribution in [-0.2, 0) is 14.8 Å². The number of fused-ring (bicyclic) bond motifs is 1. The summed E-state index contributed by atoms with van der Waals surface area (Å²) in [7, 11) is -4.00. The number of hydrazone groups is 1. The molecule has 0 radical (unpaired) electrons. The zero-order chi connectivity index (χ0) is 25.7. The van der Waals surface area contributed by atoms with E-state index >= 15 is 0 Å². The molecule has 4 rings (SSSR count). The van der Waals surface area contributed by atoms with Crippen molar-refractivity contribution >= 4 is 27.8 Å². The molecule has 0 saturated carbocycles. The van der Waals surface area contributed by atoms with E-state index in [2.05, 4.69) is 24.4 Å². The number of benzene rings is 3. The van der Waals surface area contributed by atoms with Gasteiger partial charge in [0.15, 0.2) is 11.5 Å². The first-order chi connectivity index (χ1) is 17.3. The summed E-state index contributed by atoms with van der Waals surface area (Å²) in [5.74, 6) is 0.862. The van der Waals surface area contributed by atoms with E-state index in [4.69, 9.17) is 9.47 Å². The van der Waals surface area contributed by atoms with Crippen molar-refractivity contribution in [2.24, 2.45) is 5.10 Å². The van der Waals surface area contributed by atoms with Gasteiger partial charge in [-0.15, -0.1) is 0 Å². The highest BCUT2D eigenvalue weighted by molar-refractivity contribution is 7.92. The second-order valence-electron chi connectivity index (χ2n) is 8.74. The van der Waals surface area contributed by atoms with Crippen molar-refractivity contribution in [3.63, 3.8) is 0 Å². The van der Waals surface area contributed by atoms with E-state index in [1.807, 2.05) is 19.1 Å². The monoisotopic (exact) mass is 507 g/mol. The van der Waals surface area contributed by atoms with Crippen molar-refractivity contribution in [2.75, 3.05) is 24.1 Å². The van der Waals surface area contributed by atoms with Gasteiger partial charge in [-0.2, -0.15) is 5.10 Å². The van der Waals surface area contributed by atoms with Crippen LogP contribution < -0.4 is 19.2 Å². The maximum atomic E-state index is 13.5. The highest BCUT2D eigenvalue weighted by atomic mass is 32.2. The Kier molecular flexibility index (Phi) is 7.59. The van der Waals surface area contributed by atoms with Crippen molar-refractivity contribution in [3.8, 4) is 11.5 Å². The van der Waals surface area contributed by atoms with Gasteiger partial charge in [0.05, 0.1) is 16.8 Å². The predicted octanol–water partition coefficient (Wildman–Crippen LogP) is 4.24. The number of amides is 1. The fourth-order valence-electron chi connectivity index (χ4n) is 3.72. The van der Waals surface area contributed by atoms with Gasteiger partial charge in [0.1, 0.15) is 19.8 Å².